The van der Waals surface area contributed by atoms with Gasteiger partial charge in [-0.1, -0.05) is 75.4 Å². The third-order valence-electron chi connectivity index (χ3n) is 7.91. The monoisotopic (exact) mass is 668 g/mol. The Morgan fingerprint density at radius 2 is 1.61 bits per heavy atom. The van der Waals surface area contributed by atoms with E-state index in [1.54, 1.807) is 29.4 Å². The minimum atomic E-state index is -0.725. The van der Waals surface area contributed by atoms with E-state index in [1.165, 1.54) is 0 Å². The summed E-state index contributed by atoms with van der Waals surface area (Å²) in [6.45, 7) is 16.0. The molecule has 4 rings (SSSR count). The Bertz CT molecular complexity index is 1670. The Labute approximate surface area is 290 Å². The summed E-state index contributed by atoms with van der Waals surface area (Å²) in [5, 5.41) is 11.8. The van der Waals surface area contributed by atoms with E-state index in [0.29, 0.717) is 24.2 Å². The number of aromatic nitrogens is 2. The fourth-order valence-electron chi connectivity index (χ4n) is 5.48. The summed E-state index contributed by atoms with van der Waals surface area (Å²) in [6.07, 6.45) is 4.07. The van der Waals surface area contributed by atoms with Gasteiger partial charge in [-0.2, -0.15) is 0 Å². The zero-order valence-corrected chi connectivity index (χ0v) is 29.9. The second-order valence-electron chi connectivity index (χ2n) is 14.8. The lowest BCUT2D eigenvalue weighted by atomic mass is 9.97. The van der Waals surface area contributed by atoms with E-state index in [-0.39, 0.29) is 36.4 Å². The second-order valence-corrected chi connectivity index (χ2v) is 14.8. The molecule has 10 heteroatoms. The lowest BCUT2D eigenvalue weighted by molar-refractivity contribution is -0.123. The number of nitrogens with zero attached hydrogens (tertiary/aromatic N) is 2. The summed E-state index contributed by atoms with van der Waals surface area (Å²) >= 11 is 0. The topological polar surface area (TPSA) is 128 Å². The average Bonchev–Trinajstić information content (AvgIpc) is 3.55. The van der Waals surface area contributed by atoms with Crippen molar-refractivity contribution in [3.8, 4) is 0 Å². The van der Waals surface area contributed by atoms with Crippen molar-refractivity contribution in [3.05, 3.63) is 102 Å². The van der Waals surface area contributed by atoms with Gasteiger partial charge in [-0.05, 0) is 93.1 Å². The molecule has 0 saturated heterocycles. The maximum absolute atomic E-state index is 13.7. The van der Waals surface area contributed by atoms with Crippen LogP contribution >= 0.6 is 0 Å². The molecule has 3 aromatic carbocycles. The third-order valence-corrected chi connectivity index (χ3v) is 7.91. The molecule has 1 heterocycles. The molecule has 0 saturated carbocycles. The van der Waals surface area contributed by atoms with E-state index >= 15 is 0 Å². The highest BCUT2D eigenvalue weighted by Gasteiger charge is 2.25. The second kappa shape index (κ2) is 16.6. The zero-order valence-electron chi connectivity index (χ0n) is 29.9. The standard InChI is InChI=1S/C39H52N6O4/c1-27(31-15-10-13-29-12-8-9-14-32(29)31)43-36(47)33(16-11-21-40-26-38(2,3)4)44-35(46)30-19-17-28(18-20-30)24-45(25-34-41-22-23-42-34)37(48)49-39(5,6)7/h8-10,12-15,17-20,22-23,27,33,40H,11,16,21,24-26H2,1-7H3,(H,41,42)(H,43,47)(H,44,46)/t27-,33-/m0/s1. The number of nitrogens with one attached hydrogen (secondary N) is 4. The summed E-state index contributed by atoms with van der Waals surface area (Å²) in [7, 11) is 0. The van der Waals surface area contributed by atoms with Crippen molar-refractivity contribution in [1.29, 1.82) is 0 Å². The Hall–Kier alpha value is -4.70. The molecule has 0 fully saturated rings. The minimum absolute atomic E-state index is 0.147. The molecule has 2 atom stereocenters. The molecule has 262 valence electrons. The first-order valence-corrected chi connectivity index (χ1v) is 17.0. The summed E-state index contributed by atoms with van der Waals surface area (Å²) < 4.78 is 5.63. The van der Waals surface area contributed by atoms with Gasteiger partial charge in [0, 0.05) is 24.5 Å². The molecule has 1 aromatic heterocycles. The molecule has 0 aliphatic carbocycles. The molecule has 3 amide bonds. The Morgan fingerprint density at radius 3 is 2.29 bits per heavy atom. The molecule has 0 radical (unpaired) electrons. The van der Waals surface area contributed by atoms with Crippen LogP contribution in [0, 0.1) is 5.41 Å². The van der Waals surface area contributed by atoms with Crippen LogP contribution in [-0.2, 0) is 22.6 Å². The van der Waals surface area contributed by atoms with Crippen molar-refractivity contribution in [2.24, 2.45) is 5.41 Å². The molecule has 0 spiro atoms. The first-order valence-electron chi connectivity index (χ1n) is 17.0. The Morgan fingerprint density at radius 1 is 0.898 bits per heavy atom. The number of benzene rings is 3. The van der Waals surface area contributed by atoms with Crippen LogP contribution in [0.3, 0.4) is 0 Å². The van der Waals surface area contributed by atoms with Crippen LogP contribution in [0.5, 0.6) is 0 Å². The fourth-order valence-corrected chi connectivity index (χ4v) is 5.48. The van der Waals surface area contributed by atoms with E-state index in [9.17, 15) is 14.4 Å². The van der Waals surface area contributed by atoms with Crippen molar-refractivity contribution in [2.75, 3.05) is 13.1 Å². The van der Waals surface area contributed by atoms with Crippen molar-refractivity contribution < 1.29 is 19.1 Å². The van der Waals surface area contributed by atoms with Gasteiger partial charge < -0.3 is 25.7 Å². The molecule has 0 aliphatic rings. The van der Waals surface area contributed by atoms with Crippen LogP contribution in [0.15, 0.2) is 79.1 Å². The number of fused-ring (bicyclic) bond motifs is 1. The first kappa shape index (κ1) is 37.1. The summed E-state index contributed by atoms with van der Waals surface area (Å²) in [5.74, 6) is 0.0634. The smallest absolute Gasteiger partial charge is 0.410 e. The van der Waals surface area contributed by atoms with Crippen LogP contribution in [0.1, 0.15) is 94.7 Å². The fraction of sp³-hybridized carbons (Fsp3) is 0.436. The predicted molar refractivity (Wildman–Crippen MR) is 194 cm³/mol. The summed E-state index contributed by atoms with van der Waals surface area (Å²) in [6, 6.07) is 20.2. The molecule has 10 nitrogen and oxygen atoms in total. The van der Waals surface area contributed by atoms with Crippen LogP contribution in [0.2, 0.25) is 0 Å². The number of hydrogen-bond donors (Lipinski definition) is 4. The predicted octanol–water partition coefficient (Wildman–Crippen LogP) is 6.89. The first-order chi connectivity index (χ1) is 23.2. The highest BCUT2D eigenvalue weighted by atomic mass is 16.6. The molecule has 0 unspecified atom stereocenters. The number of ether oxygens (including phenoxy) is 1. The molecule has 0 aliphatic heterocycles. The van der Waals surface area contributed by atoms with Gasteiger partial charge in [0.15, 0.2) is 0 Å². The highest BCUT2D eigenvalue weighted by molar-refractivity contribution is 5.97. The summed E-state index contributed by atoms with van der Waals surface area (Å²) in [4.78, 5) is 49.1. The number of aromatic amines is 1. The Balaban J connectivity index is 1.45. The lowest BCUT2D eigenvalue weighted by Crippen LogP contribution is -2.47. The SMILES string of the molecule is C[C@H](NC(=O)[C@H](CCCNCC(C)(C)C)NC(=O)c1ccc(CN(Cc2ncc[nH]2)C(=O)OC(C)(C)C)cc1)c1cccc2ccccc12. The molecule has 4 N–H and O–H groups in total. The average molecular weight is 669 g/mol. The van der Waals surface area contributed by atoms with Crippen LogP contribution < -0.4 is 16.0 Å². The number of rotatable bonds is 14. The third kappa shape index (κ3) is 11.7. The van der Waals surface area contributed by atoms with Crippen molar-refractivity contribution >= 4 is 28.7 Å². The zero-order chi connectivity index (χ0) is 35.6. The molecule has 0 bridgehead atoms. The highest BCUT2D eigenvalue weighted by Crippen LogP contribution is 2.24. The van der Waals surface area contributed by atoms with Gasteiger partial charge in [0.05, 0.1) is 12.6 Å². The van der Waals surface area contributed by atoms with E-state index in [2.05, 4.69) is 64.9 Å². The van der Waals surface area contributed by atoms with Crippen molar-refractivity contribution in [1.82, 2.24) is 30.8 Å². The summed E-state index contributed by atoms with van der Waals surface area (Å²) in [5.41, 5.74) is 1.75. The quantitative estimate of drug-likeness (QED) is 0.108. The number of amides is 3. The lowest BCUT2D eigenvalue weighted by Gasteiger charge is -2.27. The van der Waals surface area contributed by atoms with Crippen LogP contribution in [0.4, 0.5) is 4.79 Å². The van der Waals surface area contributed by atoms with E-state index in [0.717, 1.165) is 35.0 Å². The molecular formula is C39H52N6O4. The largest absolute Gasteiger partial charge is 0.444 e. The van der Waals surface area contributed by atoms with E-state index in [1.807, 2.05) is 64.1 Å². The number of hydrogen-bond acceptors (Lipinski definition) is 6. The van der Waals surface area contributed by atoms with Gasteiger partial charge >= 0.3 is 6.09 Å². The number of carbonyl (C=O) groups is 3. The van der Waals surface area contributed by atoms with Crippen molar-refractivity contribution in [3.63, 3.8) is 0 Å². The normalized spacial score (nSPS) is 13.0. The molecule has 49 heavy (non-hydrogen) atoms. The molecule has 4 aromatic rings. The van der Waals surface area contributed by atoms with Crippen LogP contribution in [0.25, 0.3) is 10.8 Å². The van der Waals surface area contributed by atoms with Gasteiger partial charge in [0.25, 0.3) is 5.91 Å². The van der Waals surface area contributed by atoms with Gasteiger partial charge in [-0.15, -0.1) is 0 Å². The van der Waals surface area contributed by atoms with E-state index in [4.69, 9.17) is 4.74 Å². The Kier molecular flexibility index (Phi) is 12.6. The maximum atomic E-state index is 13.7. The van der Waals surface area contributed by atoms with Gasteiger partial charge in [-0.25, -0.2) is 9.78 Å². The van der Waals surface area contributed by atoms with E-state index < -0.39 is 17.7 Å². The van der Waals surface area contributed by atoms with Gasteiger partial charge in [0.1, 0.15) is 17.5 Å². The number of imidazole rings is 1. The van der Waals surface area contributed by atoms with Crippen molar-refractivity contribution in [2.45, 2.75) is 92.1 Å². The van der Waals surface area contributed by atoms with Gasteiger partial charge in [0.2, 0.25) is 5.91 Å². The van der Waals surface area contributed by atoms with Gasteiger partial charge in [-0.3, -0.25) is 14.5 Å². The number of H-pyrrole nitrogens is 1. The molecular weight excluding hydrogens is 616 g/mol. The maximum Gasteiger partial charge on any atom is 0.410 e. The number of carbonyl (C=O) groups excluding carboxylic acids is 3. The minimum Gasteiger partial charge on any atom is -0.444 e. The van der Waals surface area contributed by atoms with Crippen LogP contribution in [-0.4, -0.2) is 57.5 Å².